The number of aldehydes is 1. The van der Waals surface area contributed by atoms with E-state index in [1.165, 1.54) is 22.4 Å². The number of methoxy groups -OCH3 is 2. The minimum absolute atomic E-state index is 0.0484. The second-order valence-corrected chi connectivity index (χ2v) is 13.2. The van der Waals surface area contributed by atoms with Crippen LogP contribution in [0.15, 0.2) is 97.1 Å². The minimum atomic E-state index is -0.571. The molecule has 2 heterocycles. The highest BCUT2D eigenvalue weighted by molar-refractivity contribution is 5.70. The Labute approximate surface area is 286 Å². The predicted octanol–water partition coefficient (Wildman–Crippen LogP) is 6.39. The Balaban J connectivity index is 1.45. The molecule has 7 nitrogen and oxygen atoms in total. The third kappa shape index (κ3) is 7.00. The smallest absolute Gasteiger partial charge is 0.161 e. The van der Waals surface area contributed by atoms with Crippen LogP contribution in [-0.2, 0) is 29.7 Å². The normalized spacial score (nSPS) is 18.6. The minimum Gasteiger partial charge on any atom is -0.493 e. The first-order chi connectivity index (χ1) is 23.5. The van der Waals surface area contributed by atoms with Gasteiger partial charge in [0.2, 0.25) is 0 Å². The van der Waals surface area contributed by atoms with Crippen molar-refractivity contribution in [3.8, 4) is 11.5 Å². The maximum Gasteiger partial charge on any atom is 0.161 e. The number of likely N-dealkylation sites (N-methyl/N-ethyl adjacent to an activating group) is 1. The first kappa shape index (κ1) is 33.7. The fourth-order valence-corrected chi connectivity index (χ4v) is 7.89. The van der Waals surface area contributed by atoms with Gasteiger partial charge in [-0.25, -0.2) is 0 Å². The van der Waals surface area contributed by atoms with Crippen LogP contribution in [0.4, 0.5) is 5.69 Å². The van der Waals surface area contributed by atoms with Crippen LogP contribution < -0.4 is 20.1 Å². The van der Waals surface area contributed by atoms with Gasteiger partial charge in [0.1, 0.15) is 6.29 Å². The molecule has 2 N–H and O–H groups in total. The molecule has 0 aliphatic carbocycles. The SMILES string of the molecule is CCN1CCN(c2cccc3c2CN(C(CCC(N)Cc2ccccc2)(Cc2ccccc2)c2ccc(OC)c(OC)c2)C3C=O)CC1. The lowest BCUT2D eigenvalue weighted by Gasteiger charge is -2.46. The number of nitrogens with zero attached hydrogens (tertiary/aromatic N) is 3. The van der Waals surface area contributed by atoms with Gasteiger partial charge < -0.3 is 29.8 Å². The van der Waals surface area contributed by atoms with Gasteiger partial charge in [-0.15, -0.1) is 0 Å². The Morgan fingerprint density at radius 2 is 1.54 bits per heavy atom. The van der Waals surface area contributed by atoms with E-state index in [1.54, 1.807) is 14.2 Å². The maximum atomic E-state index is 13.4. The van der Waals surface area contributed by atoms with E-state index in [-0.39, 0.29) is 6.04 Å². The lowest BCUT2D eigenvalue weighted by Crippen LogP contribution is -2.48. The summed E-state index contributed by atoms with van der Waals surface area (Å²) in [7, 11) is 3.35. The molecule has 2 aliphatic heterocycles. The van der Waals surface area contributed by atoms with E-state index in [0.717, 1.165) is 69.4 Å². The lowest BCUT2D eigenvalue weighted by molar-refractivity contribution is -0.115. The van der Waals surface area contributed by atoms with Gasteiger partial charge in [0.15, 0.2) is 11.5 Å². The van der Waals surface area contributed by atoms with Crippen molar-refractivity contribution in [2.75, 3.05) is 51.8 Å². The summed E-state index contributed by atoms with van der Waals surface area (Å²) in [5.74, 6) is 1.36. The van der Waals surface area contributed by atoms with Crippen molar-refractivity contribution < 1.29 is 14.3 Å². The van der Waals surface area contributed by atoms with E-state index < -0.39 is 11.6 Å². The number of benzene rings is 4. The molecule has 0 aromatic heterocycles. The van der Waals surface area contributed by atoms with Crippen molar-refractivity contribution in [3.05, 3.63) is 125 Å². The van der Waals surface area contributed by atoms with Gasteiger partial charge in [-0.1, -0.05) is 85.8 Å². The molecule has 0 bridgehead atoms. The van der Waals surface area contributed by atoms with Gasteiger partial charge in [-0.05, 0) is 78.2 Å². The second-order valence-electron chi connectivity index (χ2n) is 13.2. The number of hydrogen-bond acceptors (Lipinski definition) is 7. The summed E-state index contributed by atoms with van der Waals surface area (Å²) in [5, 5.41) is 0. The molecule has 2 aliphatic rings. The average Bonchev–Trinajstić information content (AvgIpc) is 3.53. The number of rotatable bonds is 14. The predicted molar refractivity (Wildman–Crippen MR) is 194 cm³/mol. The zero-order chi connectivity index (χ0) is 33.5. The van der Waals surface area contributed by atoms with Crippen LogP contribution in [0.25, 0.3) is 0 Å². The number of anilines is 1. The highest BCUT2D eigenvalue weighted by atomic mass is 16.5. The van der Waals surface area contributed by atoms with E-state index in [9.17, 15) is 4.79 Å². The highest BCUT2D eigenvalue weighted by Gasteiger charge is 2.47. The number of carbonyl (C=O) groups excluding carboxylic acids is 1. The van der Waals surface area contributed by atoms with Gasteiger partial charge in [0.25, 0.3) is 0 Å². The van der Waals surface area contributed by atoms with Crippen molar-refractivity contribution in [2.45, 2.75) is 56.8 Å². The van der Waals surface area contributed by atoms with Crippen LogP contribution >= 0.6 is 0 Å². The van der Waals surface area contributed by atoms with Gasteiger partial charge in [0.05, 0.1) is 25.8 Å². The summed E-state index contributed by atoms with van der Waals surface area (Å²) in [5.41, 5.74) is 13.5. The molecule has 3 unspecified atom stereocenters. The van der Waals surface area contributed by atoms with E-state index in [0.29, 0.717) is 24.5 Å². The standard InChI is InChI=1S/C41H50N4O3/c1-4-43-22-24-44(25-23-43)37-17-11-16-35-36(37)29-45(38(35)30-46)41(28-32-14-9-6-10-15-32,33-18-19-39(47-2)40(27-33)48-3)21-20-34(42)26-31-12-7-5-8-13-31/h5-19,27,30,34,38H,4,20-26,28-29,42H2,1-3H3. The number of piperazine rings is 1. The summed E-state index contributed by atoms with van der Waals surface area (Å²) in [6, 6.07) is 33.5. The molecule has 1 fully saturated rings. The van der Waals surface area contributed by atoms with Crippen LogP contribution in [0.5, 0.6) is 11.5 Å². The lowest BCUT2D eigenvalue weighted by atomic mass is 9.76. The summed E-state index contributed by atoms with van der Waals surface area (Å²) < 4.78 is 11.6. The molecule has 0 saturated carbocycles. The van der Waals surface area contributed by atoms with Gasteiger partial charge in [0, 0.05) is 44.5 Å². The Hall–Kier alpha value is -4.17. The van der Waals surface area contributed by atoms with Crippen LogP contribution in [-0.4, -0.2) is 69.1 Å². The molecule has 252 valence electrons. The second kappa shape index (κ2) is 15.4. The van der Waals surface area contributed by atoms with Crippen molar-refractivity contribution >= 4 is 12.0 Å². The zero-order valence-electron chi connectivity index (χ0n) is 28.7. The molecular formula is C41H50N4O3. The topological polar surface area (TPSA) is 71.3 Å². The van der Waals surface area contributed by atoms with Crippen LogP contribution in [0.1, 0.15) is 53.6 Å². The Kier molecular flexibility index (Phi) is 10.8. The molecule has 4 aromatic rings. The molecule has 0 amide bonds. The van der Waals surface area contributed by atoms with E-state index in [4.69, 9.17) is 15.2 Å². The molecule has 6 rings (SSSR count). The molecule has 4 aromatic carbocycles. The molecule has 1 saturated heterocycles. The van der Waals surface area contributed by atoms with E-state index in [1.807, 2.05) is 12.1 Å². The van der Waals surface area contributed by atoms with Crippen LogP contribution in [0, 0.1) is 0 Å². The summed E-state index contributed by atoms with van der Waals surface area (Å²) in [6.45, 7) is 8.02. The van der Waals surface area contributed by atoms with E-state index >= 15 is 0 Å². The molecular weight excluding hydrogens is 596 g/mol. The summed E-state index contributed by atoms with van der Waals surface area (Å²) in [4.78, 5) is 20.8. The van der Waals surface area contributed by atoms with Crippen LogP contribution in [0.2, 0.25) is 0 Å². The largest absolute Gasteiger partial charge is 0.493 e. The molecule has 48 heavy (non-hydrogen) atoms. The number of ether oxygens (including phenoxy) is 2. The van der Waals surface area contributed by atoms with Gasteiger partial charge in [-0.3, -0.25) is 4.90 Å². The Morgan fingerprint density at radius 3 is 2.19 bits per heavy atom. The zero-order valence-corrected chi connectivity index (χ0v) is 28.7. The summed E-state index contributed by atoms with van der Waals surface area (Å²) >= 11 is 0. The molecule has 0 radical (unpaired) electrons. The van der Waals surface area contributed by atoms with Crippen molar-refractivity contribution in [1.29, 1.82) is 0 Å². The fourth-order valence-electron chi connectivity index (χ4n) is 7.89. The van der Waals surface area contributed by atoms with Crippen molar-refractivity contribution in [2.24, 2.45) is 5.73 Å². The first-order valence-electron chi connectivity index (χ1n) is 17.4. The van der Waals surface area contributed by atoms with Gasteiger partial charge in [-0.2, -0.15) is 0 Å². The highest BCUT2D eigenvalue weighted by Crippen LogP contribution is 2.50. The third-order valence-corrected chi connectivity index (χ3v) is 10.5. The number of carbonyl (C=O) groups is 1. The summed E-state index contributed by atoms with van der Waals surface area (Å²) in [6.07, 6.45) is 4.19. The number of hydrogen-bond donors (Lipinski definition) is 1. The molecule has 0 spiro atoms. The Morgan fingerprint density at radius 1 is 0.854 bits per heavy atom. The Bertz CT molecular complexity index is 1640. The fraction of sp³-hybridized carbons (Fsp3) is 0.390. The average molecular weight is 647 g/mol. The maximum absolute atomic E-state index is 13.4. The van der Waals surface area contributed by atoms with Gasteiger partial charge >= 0.3 is 0 Å². The third-order valence-electron chi connectivity index (χ3n) is 10.5. The quantitative estimate of drug-likeness (QED) is 0.159. The molecule has 3 atom stereocenters. The number of nitrogens with two attached hydrogens (primary N) is 1. The van der Waals surface area contributed by atoms with Crippen molar-refractivity contribution in [3.63, 3.8) is 0 Å². The van der Waals surface area contributed by atoms with Crippen molar-refractivity contribution in [1.82, 2.24) is 9.80 Å². The van der Waals surface area contributed by atoms with Crippen LogP contribution in [0.3, 0.4) is 0 Å². The number of fused-ring (bicyclic) bond motifs is 1. The van der Waals surface area contributed by atoms with E-state index in [2.05, 4.69) is 107 Å². The monoisotopic (exact) mass is 646 g/mol. The first-order valence-corrected chi connectivity index (χ1v) is 17.4. The molecule has 7 heteroatoms.